The first-order chi connectivity index (χ1) is 10.6. The van der Waals surface area contributed by atoms with E-state index in [0.29, 0.717) is 13.0 Å². The number of benzene rings is 2. The van der Waals surface area contributed by atoms with Gasteiger partial charge in [0.25, 0.3) is 0 Å². The highest BCUT2D eigenvalue weighted by atomic mass is 16.5. The van der Waals surface area contributed by atoms with Gasteiger partial charge in [-0.1, -0.05) is 29.8 Å². The summed E-state index contributed by atoms with van der Waals surface area (Å²) in [4.78, 5) is 0. The van der Waals surface area contributed by atoms with Gasteiger partial charge < -0.3 is 9.47 Å². The summed E-state index contributed by atoms with van der Waals surface area (Å²) in [6.07, 6.45) is 0.665. The molecule has 0 spiro atoms. The molecule has 0 aliphatic rings. The third kappa shape index (κ3) is 4.02. The average molecular weight is 295 g/mol. The summed E-state index contributed by atoms with van der Waals surface area (Å²) in [5, 5.41) is 9.45. The lowest BCUT2D eigenvalue weighted by molar-refractivity contribution is 0.303. The summed E-state index contributed by atoms with van der Waals surface area (Å²) < 4.78 is 10.9. The number of aryl methyl sites for hydroxylation is 2. The summed E-state index contributed by atoms with van der Waals surface area (Å²) in [5.74, 6) is 1.38. The van der Waals surface area contributed by atoms with E-state index in [4.69, 9.17) is 9.47 Å². The van der Waals surface area contributed by atoms with Crippen LogP contribution in [-0.4, -0.2) is 13.7 Å². The lowest BCUT2D eigenvalue weighted by Crippen LogP contribution is -2.06. The molecule has 2 aromatic rings. The van der Waals surface area contributed by atoms with E-state index in [1.54, 1.807) is 7.11 Å². The maximum absolute atomic E-state index is 9.45. The maximum Gasteiger partial charge on any atom is 0.122 e. The van der Waals surface area contributed by atoms with E-state index in [1.807, 2.05) is 38.1 Å². The summed E-state index contributed by atoms with van der Waals surface area (Å²) in [6, 6.07) is 16.1. The van der Waals surface area contributed by atoms with Crippen molar-refractivity contribution >= 4 is 0 Å². The van der Waals surface area contributed by atoms with Gasteiger partial charge in [0, 0.05) is 12.5 Å². The average Bonchev–Trinajstić information content (AvgIpc) is 2.54. The zero-order valence-corrected chi connectivity index (χ0v) is 13.3. The first-order valence-electron chi connectivity index (χ1n) is 7.37. The molecule has 114 valence electrons. The van der Waals surface area contributed by atoms with Crippen molar-refractivity contribution in [1.29, 1.82) is 5.26 Å². The van der Waals surface area contributed by atoms with Crippen LogP contribution in [0.1, 0.15) is 29.0 Å². The molecule has 0 saturated carbocycles. The Bertz CT molecular complexity index is 673. The van der Waals surface area contributed by atoms with Crippen LogP contribution in [0.3, 0.4) is 0 Å². The normalized spacial score (nSPS) is 11.5. The molecule has 0 amide bonds. The molecule has 0 saturated heterocycles. The van der Waals surface area contributed by atoms with E-state index in [1.165, 1.54) is 5.56 Å². The van der Waals surface area contributed by atoms with Crippen molar-refractivity contribution in [3.05, 3.63) is 59.2 Å². The Morgan fingerprint density at radius 1 is 1.09 bits per heavy atom. The number of nitrogens with zero attached hydrogens (tertiary/aromatic N) is 1. The van der Waals surface area contributed by atoms with Crippen LogP contribution in [-0.2, 0) is 0 Å². The molecule has 0 radical (unpaired) electrons. The zero-order chi connectivity index (χ0) is 15.9. The van der Waals surface area contributed by atoms with Crippen molar-refractivity contribution in [1.82, 2.24) is 0 Å². The Hall–Kier alpha value is -2.47. The fourth-order valence-electron chi connectivity index (χ4n) is 2.41. The van der Waals surface area contributed by atoms with Crippen LogP contribution in [0.2, 0.25) is 0 Å². The van der Waals surface area contributed by atoms with Gasteiger partial charge in [0.05, 0.1) is 25.7 Å². The zero-order valence-electron chi connectivity index (χ0n) is 13.3. The van der Waals surface area contributed by atoms with Crippen molar-refractivity contribution in [2.24, 2.45) is 0 Å². The summed E-state index contributed by atoms with van der Waals surface area (Å²) in [7, 11) is 1.63. The van der Waals surface area contributed by atoms with Gasteiger partial charge in [-0.2, -0.15) is 5.26 Å². The second-order valence-corrected chi connectivity index (χ2v) is 5.36. The Kier molecular flexibility index (Phi) is 5.43. The predicted octanol–water partition coefficient (Wildman–Crippen LogP) is 4.39. The van der Waals surface area contributed by atoms with Gasteiger partial charge in [0.2, 0.25) is 0 Å². The van der Waals surface area contributed by atoms with Crippen molar-refractivity contribution < 1.29 is 9.47 Å². The molecular weight excluding hydrogens is 274 g/mol. The predicted molar refractivity (Wildman–Crippen MR) is 87.4 cm³/mol. The minimum Gasteiger partial charge on any atom is -0.497 e. The maximum atomic E-state index is 9.45. The molecule has 1 atom stereocenters. The van der Waals surface area contributed by atoms with E-state index in [-0.39, 0.29) is 5.92 Å². The molecule has 3 heteroatoms. The highest BCUT2D eigenvalue weighted by Crippen LogP contribution is 2.25. The smallest absolute Gasteiger partial charge is 0.122 e. The van der Waals surface area contributed by atoms with Crippen LogP contribution in [0.5, 0.6) is 11.5 Å². The first-order valence-corrected chi connectivity index (χ1v) is 7.37. The number of rotatable bonds is 6. The van der Waals surface area contributed by atoms with Gasteiger partial charge in [-0.25, -0.2) is 0 Å². The molecule has 0 N–H and O–H groups in total. The van der Waals surface area contributed by atoms with E-state index in [0.717, 1.165) is 22.6 Å². The van der Waals surface area contributed by atoms with Crippen molar-refractivity contribution in [3.63, 3.8) is 0 Å². The SMILES string of the molecule is COc1cccc(OCCC(C#N)c2cc(C)ccc2C)c1. The summed E-state index contributed by atoms with van der Waals surface area (Å²) in [6.45, 7) is 4.59. The Balaban J connectivity index is 1.99. The molecular formula is C19H21NO2. The minimum absolute atomic E-state index is 0.148. The second kappa shape index (κ2) is 7.51. The van der Waals surface area contributed by atoms with Gasteiger partial charge in [0.15, 0.2) is 0 Å². The minimum atomic E-state index is -0.148. The van der Waals surface area contributed by atoms with Gasteiger partial charge in [0.1, 0.15) is 11.5 Å². The summed E-state index contributed by atoms with van der Waals surface area (Å²) >= 11 is 0. The van der Waals surface area contributed by atoms with Crippen molar-refractivity contribution in [3.8, 4) is 17.6 Å². The van der Waals surface area contributed by atoms with E-state index >= 15 is 0 Å². The third-order valence-electron chi connectivity index (χ3n) is 3.68. The van der Waals surface area contributed by atoms with Crippen LogP contribution < -0.4 is 9.47 Å². The quantitative estimate of drug-likeness (QED) is 0.793. The number of ether oxygens (including phenoxy) is 2. The molecule has 3 nitrogen and oxygen atoms in total. The highest BCUT2D eigenvalue weighted by Gasteiger charge is 2.13. The molecule has 1 unspecified atom stereocenters. The molecule has 2 aromatic carbocycles. The van der Waals surface area contributed by atoms with Gasteiger partial charge in [-0.15, -0.1) is 0 Å². The van der Waals surface area contributed by atoms with Crippen LogP contribution in [0.4, 0.5) is 0 Å². The van der Waals surface area contributed by atoms with Crippen LogP contribution in [0.25, 0.3) is 0 Å². The Morgan fingerprint density at radius 3 is 2.59 bits per heavy atom. The molecule has 0 bridgehead atoms. The van der Waals surface area contributed by atoms with Crippen molar-refractivity contribution in [2.75, 3.05) is 13.7 Å². The topological polar surface area (TPSA) is 42.2 Å². The molecule has 0 aliphatic heterocycles. The van der Waals surface area contributed by atoms with Gasteiger partial charge >= 0.3 is 0 Å². The second-order valence-electron chi connectivity index (χ2n) is 5.36. The third-order valence-corrected chi connectivity index (χ3v) is 3.68. The van der Waals surface area contributed by atoms with Crippen LogP contribution in [0, 0.1) is 25.2 Å². The van der Waals surface area contributed by atoms with E-state index in [2.05, 4.69) is 24.3 Å². The Labute approximate surface area is 132 Å². The van der Waals surface area contributed by atoms with Crippen LogP contribution >= 0.6 is 0 Å². The fraction of sp³-hybridized carbons (Fsp3) is 0.316. The lowest BCUT2D eigenvalue weighted by Gasteiger charge is -2.14. The standard InChI is InChI=1S/C19H21NO2/c1-14-7-8-15(2)19(11-14)16(13-20)9-10-22-18-6-4-5-17(12-18)21-3/h4-8,11-12,16H,9-10H2,1-3H3. The van der Waals surface area contributed by atoms with E-state index < -0.39 is 0 Å². The molecule has 0 aliphatic carbocycles. The molecule has 0 aromatic heterocycles. The summed E-state index contributed by atoms with van der Waals surface area (Å²) in [5.41, 5.74) is 3.42. The lowest BCUT2D eigenvalue weighted by atomic mass is 9.92. The molecule has 22 heavy (non-hydrogen) atoms. The largest absolute Gasteiger partial charge is 0.497 e. The molecule has 0 fully saturated rings. The van der Waals surface area contributed by atoms with Crippen molar-refractivity contribution in [2.45, 2.75) is 26.2 Å². The van der Waals surface area contributed by atoms with Gasteiger partial charge in [-0.3, -0.25) is 0 Å². The number of hydrogen-bond donors (Lipinski definition) is 0. The Morgan fingerprint density at radius 2 is 1.86 bits per heavy atom. The molecule has 0 heterocycles. The number of methoxy groups -OCH3 is 1. The van der Waals surface area contributed by atoms with Gasteiger partial charge in [-0.05, 0) is 37.1 Å². The fourth-order valence-corrected chi connectivity index (χ4v) is 2.41. The highest BCUT2D eigenvalue weighted by molar-refractivity contribution is 5.36. The first kappa shape index (κ1) is 15.9. The number of hydrogen-bond acceptors (Lipinski definition) is 3. The van der Waals surface area contributed by atoms with Crippen LogP contribution in [0.15, 0.2) is 42.5 Å². The number of nitriles is 1. The monoisotopic (exact) mass is 295 g/mol. The van der Waals surface area contributed by atoms with E-state index in [9.17, 15) is 5.26 Å². The molecule has 2 rings (SSSR count).